The van der Waals surface area contributed by atoms with Gasteiger partial charge in [-0.05, 0) is 18.2 Å². The van der Waals surface area contributed by atoms with Crippen LogP contribution >= 0.6 is 15.9 Å². The molecule has 0 saturated carbocycles. The number of halogens is 1. The molecule has 4 heteroatoms. The molecule has 0 atom stereocenters. The lowest BCUT2D eigenvalue weighted by molar-refractivity contribution is 0.470. The van der Waals surface area contributed by atoms with Crippen LogP contribution in [-0.4, -0.2) is 31.3 Å². The standard InChI is InChI=1S/C10H13BrN2O/c11-8-1-2-9(10(14)7-8)13-5-3-12-4-6-13/h1-2,7,12,14H,3-6H2. The van der Waals surface area contributed by atoms with Crippen LogP contribution in [0.1, 0.15) is 0 Å². The lowest BCUT2D eigenvalue weighted by Crippen LogP contribution is -2.43. The predicted molar refractivity (Wildman–Crippen MR) is 60.9 cm³/mol. The van der Waals surface area contributed by atoms with E-state index in [0.29, 0.717) is 5.75 Å². The first kappa shape index (κ1) is 9.80. The van der Waals surface area contributed by atoms with Crippen LogP contribution < -0.4 is 10.2 Å². The van der Waals surface area contributed by atoms with Crippen LogP contribution in [-0.2, 0) is 0 Å². The topological polar surface area (TPSA) is 35.5 Å². The Kier molecular flexibility index (Phi) is 2.93. The van der Waals surface area contributed by atoms with E-state index in [9.17, 15) is 5.11 Å². The maximum absolute atomic E-state index is 9.75. The Morgan fingerprint density at radius 3 is 2.64 bits per heavy atom. The van der Waals surface area contributed by atoms with Gasteiger partial charge in [-0.25, -0.2) is 0 Å². The molecular formula is C10H13BrN2O. The molecule has 1 aromatic rings. The SMILES string of the molecule is Oc1cc(Br)ccc1N1CCNCC1. The molecule has 0 amide bonds. The fourth-order valence-electron chi connectivity index (χ4n) is 1.67. The van der Waals surface area contributed by atoms with E-state index in [1.54, 1.807) is 6.07 Å². The predicted octanol–water partition coefficient (Wildman–Crippen LogP) is 1.56. The summed E-state index contributed by atoms with van der Waals surface area (Å²) in [5, 5.41) is 13.0. The second-order valence-electron chi connectivity index (χ2n) is 3.37. The van der Waals surface area contributed by atoms with Crippen molar-refractivity contribution >= 4 is 21.6 Å². The number of rotatable bonds is 1. The molecule has 0 bridgehead atoms. The van der Waals surface area contributed by atoms with Gasteiger partial charge in [0.2, 0.25) is 0 Å². The van der Waals surface area contributed by atoms with Gasteiger partial charge in [-0.2, -0.15) is 0 Å². The number of benzene rings is 1. The molecule has 0 aliphatic carbocycles. The Labute approximate surface area is 91.9 Å². The highest BCUT2D eigenvalue weighted by Gasteiger charge is 2.13. The van der Waals surface area contributed by atoms with E-state index in [1.807, 2.05) is 12.1 Å². The third-order valence-electron chi connectivity index (χ3n) is 2.40. The molecule has 76 valence electrons. The van der Waals surface area contributed by atoms with Gasteiger partial charge in [0, 0.05) is 30.7 Å². The number of piperazine rings is 1. The van der Waals surface area contributed by atoms with Gasteiger partial charge < -0.3 is 15.3 Å². The normalized spacial score (nSPS) is 17.1. The highest BCUT2D eigenvalue weighted by Crippen LogP contribution is 2.30. The van der Waals surface area contributed by atoms with E-state index < -0.39 is 0 Å². The number of aromatic hydroxyl groups is 1. The molecule has 1 aromatic carbocycles. The van der Waals surface area contributed by atoms with Crippen LogP contribution in [0.25, 0.3) is 0 Å². The quantitative estimate of drug-likeness (QED) is 0.801. The minimum atomic E-state index is 0.348. The molecule has 1 heterocycles. The first-order chi connectivity index (χ1) is 6.77. The number of phenols is 1. The minimum absolute atomic E-state index is 0.348. The number of anilines is 1. The zero-order chi connectivity index (χ0) is 9.97. The van der Waals surface area contributed by atoms with E-state index in [2.05, 4.69) is 26.1 Å². The average Bonchev–Trinajstić information content (AvgIpc) is 2.19. The molecule has 0 radical (unpaired) electrons. The number of nitrogens with one attached hydrogen (secondary N) is 1. The largest absolute Gasteiger partial charge is 0.506 e. The van der Waals surface area contributed by atoms with Gasteiger partial charge in [0.05, 0.1) is 5.69 Å². The molecule has 0 aromatic heterocycles. The molecule has 2 rings (SSSR count). The van der Waals surface area contributed by atoms with Crippen LogP contribution in [0.4, 0.5) is 5.69 Å². The van der Waals surface area contributed by atoms with Crippen molar-refractivity contribution in [3.63, 3.8) is 0 Å². The van der Waals surface area contributed by atoms with E-state index in [4.69, 9.17) is 0 Å². The maximum atomic E-state index is 9.75. The Bertz CT molecular complexity index is 324. The summed E-state index contributed by atoms with van der Waals surface area (Å²) in [6, 6.07) is 5.64. The van der Waals surface area contributed by atoms with Gasteiger partial charge >= 0.3 is 0 Å². The number of nitrogens with zero attached hydrogens (tertiary/aromatic N) is 1. The Hall–Kier alpha value is -0.740. The first-order valence-corrected chi connectivity index (χ1v) is 5.51. The smallest absolute Gasteiger partial charge is 0.140 e. The molecule has 0 spiro atoms. The van der Waals surface area contributed by atoms with Crippen LogP contribution in [0.2, 0.25) is 0 Å². The molecular weight excluding hydrogens is 244 g/mol. The fraction of sp³-hybridized carbons (Fsp3) is 0.400. The molecule has 1 fully saturated rings. The van der Waals surface area contributed by atoms with Gasteiger partial charge in [-0.15, -0.1) is 0 Å². The van der Waals surface area contributed by atoms with Crippen molar-refractivity contribution < 1.29 is 5.11 Å². The first-order valence-electron chi connectivity index (χ1n) is 4.71. The third-order valence-corrected chi connectivity index (χ3v) is 2.89. The maximum Gasteiger partial charge on any atom is 0.140 e. The summed E-state index contributed by atoms with van der Waals surface area (Å²) in [6.45, 7) is 3.87. The summed E-state index contributed by atoms with van der Waals surface area (Å²) in [4.78, 5) is 2.19. The molecule has 3 nitrogen and oxygen atoms in total. The zero-order valence-corrected chi connectivity index (χ0v) is 9.42. The van der Waals surface area contributed by atoms with Crippen molar-refractivity contribution in [2.24, 2.45) is 0 Å². The monoisotopic (exact) mass is 256 g/mol. The van der Waals surface area contributed by atoms with Crippen LogP contribution in [0.3, 0.4) is 0 Å². The van der Waals surface area contributed by atoms with Crippen LogP contribution in [0.5, 0.6) is 5.75 Å². The van der Waals surface area contributed by atoms with Gasteiger partial charge in [0.25, 0.3) is 0 Å². The number of phenolic OH excluding ortho intramolecular Hbond substituents is 1. The number of hydrogen-bond donors (Lipinski definition) is 2. The molecule has 0 unspecified atom stereocenters. The van der Waals surface area contributed by atoms with Crippen molar-refractivity contribution in [2.45, 2.75) is 0 Å². The van der Waals surface area contributed by atoms with Crippen molar-refractivity contribution in [3.8, 4) is 5.75 Å². The van der Waals surface area contributed by atoms with E-state index in [1.165, 1.54) is 0 Å². The minimum Gasteiger partial charge on any atom is -0.506 e. The number of hydrogen-bond acceptors (Lipinski definition) is 3. The molecule has 14 heavy (non-hydrogen) atoms. The second-order valence-corrected chi connectivity index (χ2v) is 4.29. The summed E-state index contributed by atoms with van der Waals surface area (Å²) in [5.74, 6) is 0.348. The van der Waals surface area contributed by atoms with Crippen LogP contribution in [0.15, 0.2) is 22.7 Å². The van der Waals surface area contributed by atoms with Gasteiger partial charge in [-0.1, -0.05) is 15.9 Å². The van der Waals surface area contributed by atoms with E-state index in [0.717, 1.165) is 36.3 Å². The average molecular weight is 257 g/mol. The Balaban J connectivity index is 2.22. The van der Waals surface area contributed by atoms with Crippen molar-refractivity contribution in [3.05, 3.63) is 22.7 Å². The summed E-state index contributed by atoms with van der Waals surface area (Å²) < 4.78 is 0.911. The van der Waals surface area contributed by atoms with E-state index in [-0.39, 0.29) is 0 Å². The van der Waals surface area contributed by atoms with Gasteiger partial charge in [0.15, 0.2) is 0 Å². The summed E-state index contributed by atoms with van der Waals surface area (Å²) in [6.07, 6.45) is 0. The second kappa shape index (κ2) is 4.19. The van der Waals surface area contributed by atoms with Crippen LogP contribution in [0, 0.1) is 0 Å². The lowest BCUT2D eigenvalue weighted by Gasteiger charge is -2.29. The Morgan fingerprint density at radius 2 is 2.00 bits per heavy atom. The Morgan fingerprint density at radius 1 is 1.29 bits per heavy atom. The molecule has 2 N–H and O–H groups in total. The van der Waals surface area contributed by atoms with Crippen molar-refractivity contribution in [1.29, 1.82) is 0 Å². The van der Waals surface area contributed by atoms with Gasteiger partial charge in [-0.3, -0.25) is 0 Å². The molecule has 1 saturated heterocycles. The van der Waals surface area contributed by atoms with E-state index >= 15 is 0 Å². The fourth-order valence-corrected chi connectivity index (χ4v) is 2.02. The van der Waals surface area contributed by atoms with Gasteiger partial charge in [0.1, 0.15) is 5.75 Å². The third kappa shape index (κ3) is 2.01. The summed E-state index contributed by atoms with van der Waals surface area (Å²) in [7, 11) is 0. The lowest BCUT2D eigenvalue weighted by atomic mass is 10.2. The summed E-state index contributed by atoms with van der Waals surface area (Å²) in [5.41, 5.74) is 0.926. The molecule has 1 aliphatic rings. The zero-order valence-electron chi connectivity index (χ0n) is 7.83. The highest BCUT2D eigenvalue weighted by atomic mass is 79.9. The summed E-state index contributed by atoms with van der Waals surface area (Å²) >= 11 is 3.33. The van der Waals surface area contributed by atoms with Crippen molar-refractivity contribution in [2.75, 3.05) is 31.1 Å². The van der Waals surface area contributed by atoms with Crippen molar-refractivity contribution in [1.82, 2.24) is 5.32 Å². The molecule has 1 aliphatic heterocycles. The highest BCUT2D eigenvalue weighted by molar-refractivity contribution is 9.10.